The van der Waals surface area contributed by atoms with Gasteiger partial charge in [0, 0.05) is 16.2 Å². The maximum atomic E-state index is 9.13. The molecule has 0 unspecified atom stereocenters. The van der Waals surface area contributed by atoms with E-state index in [2.05, 4.69) is 67.1 Å². The molecule has 0 N–H and O–H groups in total. The zero-order valence-corrected chi connectivity index (χ0v) is 18.3. The molecule has 0 spiro atoms. The maximum absolute atomic E-state index is 9.13. The van der Waals surface area contributed by atoms with Crippen LogP contribution in [-0.2, 0) is 5.75 Å². The fourth-order valence-electron chi connectivity index (χ4n) is 3.39. The summed E-state index contributed by atoms with van der Waals surface area (Å²) >= 11 is 3.42. The van der Waals surface area contributed by atoms with Gasteiger partial charge in [-0.1, -0.05) is 50.2 Å². The molecular formula is C24H21N3S2. The molecule has 0 saturated heterocycles. The molecule has 0 aliphatic carbocycles. The minimum Gasteiger partial charge on any atom is -0.229 e. The average molecular weight is 416 g/mol. The van der Waals surface area contributed by atoms with Crippen LogP contribution in [0.3, 0.4) is 0 Å². The molecule has 0 radical (unpaired) electrons. The normalized spacial score (nSPS) is 11.1. The molecule has 0 amide bonds. The fourth-order valence-corrected chi connectivity index (χ4v) is 5.42. The van der Waals surface area contributed by atoms with E-state index in [1.54, 1.807) is 29.4 Å². The van der Waals surface area contributed by atoms with Crippen LogP contribution in [0.5, 0.6) is 0 Å². The zero-order valence-electron chi connectivity index (χ0n) is 16.6. The molecule has 3 nitrogen and oxygen atoms in total. The summed E-state index contributed by atoms with van der Waals surface area (Å²) in [6.07, 6.45) is 1.65. The number of hydrogen-bond donors (Lipinski definition) is 0. The van der Waals surface area contributed by atoms with Crippen LogP contribution in [0.4, 0.5) is 0 Å². The molecule has 2 aromatic carbocycles. The van der Waals surface area contributed by atoms with Crippen LogP contribution in [0.25, 0.3) is 21.3 Å². The van der Waals surface area contributed by atoms with Crippen molar-refractivity contribution in [1.29, 1.82) is 5.26 Å². The largest absolute Gasteiger partial charge is 0.229 e. The van der Waals surface area contributed by atoms with Crippen molar-refractivity contribution in [2.24, 2.45) is 0 Å². The Kier molecular flexibility index (Phi) is 5.66. The Hall–Kier alpha value is -2.68. The van der Waals surface area contributed by atoms with E-state index in [1.807, 2.05) is 18.2 Å². The van der Waals surface area contributed by atoms with Crippen molar-refractivity contribution >= 4 is 33.3 Å². The van der Waals surface area contributed by atoms with E-state index < -0.39 is 0 Å². The number of thiophene rings is 1. The molecule has 4 rings (SSSR count). The van der Waals surface area contributed by atoms with Crippen molar-refractivity contribution in [2.75, 3.05) is 0 Å². The van der Waals surface area contributed by atoms with Gasteiger partial charge in [-0.05, 0) is 41.7 Å². The summed E-state index contributed by atoms with van der Waals surface area (Å²) in [6.45, 7) is 6.58. The number of aromatic nitrogens is 2. The number of benzene rings is 2. The highest BCUT2D eigenvalue weighted by Gasteiger charge is 2.17. The Morgan fingerprint density at radius 3 is 2.62 bits per heavy atom. The minimum absolute atomic E-state index is 0.517. The first-order valence-electron chi connectivity index (χ1n) is 9.53. The quantitative estimate of drug-likeness (QED) is 0.261. The molecule has 29 heavy (non-hydrogen) atoms. The number of rotatable bonds is 5. The van der Waals surface area contributed by atoms with Gasteiger partial charge >= 0.3 is 0 Å². The third-order valence-electron chi connectivity index (χ3n) is 4.93. The maximum Gasteiger partial charge on any atom is 0.128 e. The summed E-state index contributed by atoms with van der Waals surface area (Å²) in [7, 11) is 0. The molecule has 2 heterocycles. The molecule has 0 bridgehead atoms. The second-order valence-corrected chi connectivity index (χ2v) is 9.44. The number of fused-ring (bicyclic) bond motifs is 1. The summed E-state index contributed by atoms with van der Waals surface area (Å²) in [5.74, 6) is 1.28. The number of thioether (sulfide) groups is 1. The van der Waals surface area contributed by atoms with Gasteiger partial charge in [-0.2, -0.15) is 5.26 Å². The molecule has 0 fully saturated rings. The monoisotopic (exact) mass is 415 g/mol. The minimum atomic E-state index is 0.517. The van der Waals surface area contributed by atoms with Crippen LogP contribution in [0.15, 0.2) is 59.9 Å². The van der Waals surface area contributed by atoms with Crippen LogP contribution in [0.2, 0.25) is 0 Å². The third kappa shape index (κ3) is 4.05. The van der Waals surface area contributed by atoms with Crippen molar-refractivity contribution in [1.82, 2.24) is 9.97 Å². The Labute approximate surface area is 179 Å². The van der Waals surface area contributed by atoms with Gasteiger partial charge in [0.25, 0.3) is 0 Å². The number of aryl methyl sites for hydroxylation is 1. The molecule has 0 atom stereocenters. The van der Waals surface area contributed by atoms with E-state index in [4.69, 9.17) is 5.26 Å². The highest BCUT2D eigenvalue weighted by atomic mass is 32.2. The first-order valence-corrected chi connectivity index (χ1v) is 11.3. The second kappa shape index (κ2) is 8.36. The number of nitriles is 1. The van der Waals surface area contributed by atoms with Crippen LogP contribution >= 0.6 is 23.1 Å². The van der Waals surface area contributed by atoms with Gasteiger partial charge in [0.2, 0.25) is 0 Å². The van der Waals surface area contributed by atoms with Gasteiger partial charge in [-0.3, -0.25) is 0 Å². The fraction of sp³-hybridized carbons (Fsp3) is 0.208. The lowest BCUT2D eigenvalue weighted by Gasteiger charge is -2.09. The highest BCUT2D eigenvalue weighted by molar-refractivity contribution is 7.98. The molecule has 0 aliphatic rings. The lowest BCUT2D eigenvalue weighted by atomic mass is 9.98. The van der Waals surface area contributed by atoms with Gasteiger partial charge in [-0.25, -0.2) is 9.97 Å². The topological polar surface area (TPSA) is 49.6 Å². The molecule has 2 aromatic heterocycles. The SMILES string of the molecule is Cc1sc2ncnc(SCc3cccc(C#N)c3)c2c1-c1ccc(C(C)C)cc1. The summed E-state index contributed by atoms with van der Waals surface area (Å²) in [5.41, 5.74) is 5.59. The van der Waals surface area contributed by atoms with Crippen LogP contribution in [0, 0.1) is 18.3 Å². The van der Waals surface area contributed by atoms with Crippen LogP contribution in [-0.4, -0.2) is 9.97 Å². The number of hydrogen-bond acceptors (Lipinski definition) is 5. The molecule has 144 valence electrons. The second-order valence-electron chi connectivity index (χ2n) is 7.27. The van der Waals surface area contributed by atoms with Crippen molar-refractivity contribution in [2.45, 2.75) is 37.5 Å². The predicted octanol–water partition coefficient (Wildman–Crippen LogP) is 6.95. The van der Waals surface area contributed by atoms with Crippen molar-refractivity contribution in [3.63, 3.8) is 0 Å². The van der Waals surface area contributed by atoms with Gasteiger partial charge in [0.05, 0.1) is 17.0 Å². The Morgan fingerprint density at radius 1 is 1.10 bits per heavy atom. The first kappa shape index (κ1) is 19.6. The Balaban J connectivity index is 1.73. The van der Waals surface area contributed by atoms with E-state index in [0.29, 0.717) is 11.5 Å². The molecule has 0 saturated carbocycles. The van der Waals surface area contributed by atoms with Crippen LogP contribution < -0.4 is 0 Å². The summed E-state index contributed by atoms with van der Waals surface area (Å²) in [6, 6.07) is 18.8. The zero-order chi connectivity index (χ0) is 20.4. The Bertz CT molecular complexity index is 1200. The van der Waals surface area contributed by atoms with Gasteiger partial charge in [0.15, 0.2) is 0 Å². The highest BCUT2D eigenvalue weighted by Crippen LogP contribution is 2.42. The standard InChI is InChI=1S/C24H21N3S2/c1-15(2)19-7-9-20(10-8-19)21-16(3)29-24-22(21)23(26-14-27-24)28-13-18-6-4-5-17(11-18)12-25/h4-11,14-15H,13H2,1-3H3. The summed E-state index contributed by atoms with van der Waals surface area (Å²) in [5, 5.41) is 11.3. The first-order chi connectivity index (χ1) is 14.1. The van der Waals surface area contributed by atoms with E-state index in [9.17, 15) is 0 Å². The van der Waals surface area contributed by atoms with E-state index >= 15 is 0 Å². The van der Waals surface area contributed by atoms with E-state index in [1.165, 1.54) is 21.6 Å². The van der Waals surface area contributed by atoms with Crippen molar-refractivity contribution in [3.05, 3.63) is 76.4 Å². The van der Waals surface area contributed by atoms with Crippen molar-refractivity contribution < 1.29 is 0 Å². The lowest BCUT2D eigenvalue weighted by molar-refractivity contribution is 0.867. The Morgan fingerprint density at radius 2 is 1.90 bits per heavy atom. The van der Waals surface area contributed by atoms with Crippen molar-refractivity contribution in [3.8, 4) is 17.2 Å². The lowest BCUT2D eigenvalue weighted by Crippen LogP contribution is -1.90. The van der Waals surface area contributed by atoms with E-state index in [-0.39, 0.29) is 0 Å². The summed E-state index contributed by atoms with van der Waals surface area (Å²) < 4.78 is 0. The average Bonchev–Trinajstić information content (AvgIpc) is 3.08. The van der Waals surface area contributed by atoms with Crippen LogP contribution in [0.1, 0.15) is 41.3 Å². The molecule has 5 heteroatoms. The molecule has 4 aromatic rings. The molecule has 0 aliphatic heterocycles. The van der Waals surface area contributed by atoms with Gasteiger partial charge < -0.3 is 0 Å². The summed E-state index contributed by atoms with van der Waals surface area (Å²) in [4.78, 5) is 11.4. The third-order valence-corrected chi connectivity index (χ3v) is 7.00. The van der Waals surface area contributed by atoms with Gasteiger partial charge in [-0.15, -0.1) is 23.1 Å². The molecular weight excluding hydrogens is 394 g/mol. The van der Waals surface area contributed by atoms with E-state index in [0.717, 1.165) is 26.6 Å². The number of nitrogens with zero attached hydrogens (tertiary/aromatic N) is 3. The predicted molar refractivity (Wildman–Crippen MR) is 122 cm³/mol. The van der Waals surface area contributed by atoms with Gasteiger partial charge in [0.1, 0.15) is 16.2 Å². The smallest absolute Gasteiger partial charge is 0.128 e.